The van der Waals surface area contributed by atoms with E-state index in [-0.39, 0.29) is 28.0 Å². The molecule has 126 valence electrons. The van der Waals surface area contributed by atoms with E-state index in [1.165, 1.54) is 18.1 Å². The lowest BCUT2D eigenvalue weighted by atomic mass is 9.85. The summed E-state index contributed by atoms with van der Waals surface area (Å²) in [6.45, 7) is 5.93. The molecule has 0 saturated heterocycles. The molecule has 7 heteroatoms. The van der Waals surface area contributed by atoms with Crippen LogP contribution in [-0.4, -0.2) is 20.0 Å². The van der Waals surface area contributed by atoms with E-state index in [0.29, 0.717) is 5.56 Å². The fraction of sp³-hybridized carbons (Fsp3) is 0.438. The Morgan fingerprint density at radius 2 is 1.91 bits per heavy atom. The van der Waals surface area contributed by atoms with Gasteiger partial charge in [0.2, 0.25) is 0 Å². The van der Waals surface area contributed by atoms with Crippen LogP contribution >= 0.6 is 15.9 Å². The monoisotopic (exact) mass is 390 g/mol. The Bertz CT molecular complexity index is 661. The Labute approximate surface area is 142 Å². The van der Waals surface area contributed by atoms with Gasteiger partial charge in [0.1, 0.15) is 12.4 Å². The van der Waals surface area contributed by atoms with E-state index in [1.807, 2.05) is 20.8 Å². The van der Waals surface area contributed by atoms with Crippen molar-refractivity contribution in [3.05, 3.63) is 33.9 Å². The summed E-state index contributed by atoms with van der Waals surface area (Å²) in [7, 11) is 1.38. The van der Waals surface area contributed by atoms with E-state index < -0.39 is 11.7 Å². The average Bonchev–Trinajstić information content (AvgIpc) is 2.44. The second-order valence-electron chi connectivity index (χ2n) is 6.20. The number of rotatable bonds is 2. The fourth-order valence-electron chi connectivity index (χ4n) is 2.41. The van der Waals surface area contributed by atoms with Gasteiger partial charge in [-0.3, -0.25) is 4.99 Å². The van der Waals surface area contributed by atoms with Gasteiger partial charge in [0.15, 0.2) is 0 Å². The van der Waals surface area contributed by atoms with Crippen molar-refractivity contribution in [3.8, 4) is 5.75 Å². The molecule has 1 heterocycles. The predicted octanol–water partition coefficient (Wildman–Crippen LogP) is 5.14. The SMILES string of the molecule is COc1c(C(C)(C)C)cc(N2C=CC=NC2)c(C(F)(F)F)c1Br. The number of allylic oxidation sites excluding steroid dienone is 1. The zero-order chi connectivity index (χ0) is 17.4. The summed E-state index contributed by atoms with van der Waals surface area (Å²) in [5.41, 5.74) is -0.389. The maximum Gasteiger partial charge on any atom is 0.419 e. The highest BCUT2D eigenvalue weighted by Crippen LogP contribution is 2.49. The molecule has 0 unspecified atom stereocenters. The van der Waals surface area contributed by atoms with Crippen LogP contribution in [0.1, 0.15) is 31.9 Å². The number of hydrogen-bond donors (Lipinski definition) is 0. The molecular formula is C16H18BrF3N2O. The van der Waals surface area contributed by atoms with Crippen LogP contribution in [-0.2, 0) is 11.6 Å². The summed E-state index contributed by atoms with van der Waals surface area (Å²) in [5, 5.41) is 0. The van der Waals surface area contributed by atoms with E-state index in [2.05, 4.69) is 20.9 Å². The van der Waals surface area contributed by atoms with E-state index in [9.17, 15) is 13.2 Å². The quantitative estimate of drug-likeness (QED) is 0.698. The molecule has 0 amide bonds. The highest BCUT2D eigenvalue weighted by Gasteiger charge is 2.40. The summed E-state index contributed by atoms with van der Waals surface area (Å²) >= 11 is 3.10. The van der Waals surface area contributed by atoms with Crippen LogP contribution in [0.4, 0.5) is 18.9 Å². The Hall–Kier alpha value is -1.50. The molecule has 23 heavy (non-hydrogen) atoms. The van der Waals surface area contributed by atoms with Gasteiger partial charge in [0.05, 0.1) is 22.8 Å². The van der Waals surface area contributed by atoms with Crippen molar-refractivity contribution < 1.29 is 17.9 Å². The highest BCUT2D eigenvalue weighted by atomic mass is 79.9. The molecule has 2 rings (SSSR count). The standard InChI is InChI=1S/C16H18BrF3N2O/c1-15(2,3)10-8-11(22-7-5-6-21-9-22)12(16(18,19)20)13(17)14(10)23-4/h5-8H,9H2,1-4H3. The molecule has 1 aromatic rings. The van der Waals surface area contributed by atoms with Crippen LogP contribution in [0.25, 0.3) is 0 Å². The largest absolute Gasteiger partial charge is 0.495 e. The second-order valence-corrected chi connectivity index (χ2v) is 6.99. The Kier molecular flexibility index (Phi) is 4.80. The van der Waals surface area contributed by atoms with Gasteiger partial charge < -0.3 is 9.64 Å². The Morgan fingerprint density at radius 1 is 1.26 bits per heavy atom. The number of ether oxygens (including phenoxy) is 1. The number of halogens is 4. The fourth-order valence-corrected chi connectivity index (χ4v) is 3.22. The number of nitrogens with zero attached hydrogens (tertiary/aromatic N) is 2. The van der Waals surface area contributed by atoms with E-state index >= 15 is 0 Å². The summed E-state index contributed by atoms with van der Waals surface area (Å²) in [5.74, 6) is 0.207. The summed E-state index contributed by atoms with van der Waals surface area (Å²) in [4.78, 5) is 5.50. The van der Waals surface area contributed by atoms with E-state index in [4.69, 9.17) is 4.74 Å². The summed E-state index contributed by atoms with van der Waals surface area (Å²) in [6, 6.07) is 1.54. The van der Waals surface area contributed by atoms with Gasteiger partial charge in [-0.25, -0.2) is 0 Å². The molecule has 1 aliphatic heterocycles. The molecule has 0 fully saturated rings. The third-order valence-corrected chi connectivity index (χ3v) is 4.25. The lowest BCUT2D eigenvalue weighted by Crippen LogP contribution is -2.25. The minimum absolute atomic E-state index is 0.0585. The molecule has 0 radical (unpaired) electrons. The molecule has 0 atom stereocenters. The minimum atomic E-state index is -4.52. The first kappa shape index (κ1) is 17.8. The predicted molar refractivity (Wildman–Crippen MR) is 89.4 cm³/mol. The first-order valence-corrected chi connectivity index (χ1v) is 7.78. The number of anilines is 1. The number of benzene rings is 1. The molecule has 1 aliphatic rings. The molecule has 0 spiro atoms. The smallest absolute Gasteiger partial charge is 0.419 e. The normalized spacial score (nSPS) is 15.2. The topological polar surface area (TPSA) is 24.8 Å². The molecular weight excluding hydrogens is 373 g/mol. The van der Waals surface area contributed by atoms with Gasteiger partial charge in [-0.2, -0.15) is 13.2 Å². The van der Waals surface area contributed by atoms with Gasteiger partial charge in [-0.15, -0.1) is 0 Å². The zero-order valence-electron chi connectivity index (χ0n) is 13.3. The van der Waals surface area contributed by atoms with Gasteiger partial charge in [-0.1, -0.05) is 20.8 Å². The lowest BCUT2D eigenvalue weighted by molar-refractivity contribution is -0.137. The third-order valence-electron chi connectivity index (χ3n) is 3.50. The first-order chi connectivity index (χ1) is 10.6. The zero-order valence-corrected chi connectivity index (χ0v) is 14.9. The molecule has 1 aromatic carbocycles. The Balaban J connectivity index is 2.79. The number of methoxy groups -OCH3 is 1. The minimum Gasteiger partial charge on any atom is -0.495 e. The van der Waals surface area contributed by atoms with Crippen LogP contribution in [0.3, 0.4) is 0 Å². The van der Waals surface area contributed by atoms with E-state index in [1.54, 1.807) is 18.5 Å². The van der Waals surface area contributed by atoms with Crippen LogP contribution in [0.2, 0.25) is 0 Å². The first-order valence-electron chi connectivity index (χ1n) is 6.98. The maximum atomic E-state index is 13.6. The molecule has 0 bridgehead atoms. The lowest BCUT2D eigenvalue weighted by Gasteiger charge is -2.30. The Morgan fingerprint density at radius 3 is 2.35 bits per heavy atom. The van der Waals surface area contributed by atoms with Crippen molar-refractivity contribution in [2.75, 3.05) is 18.7 Å². The summed E-state index contributed by atoms with van der Waals surface area (Å²) in [6.07, 6.45) is 0.237. The van der Waals surface area contributed by atoms with Gasteiger partial charge in [-0.05, 0) is 33.5 Å². The molecule has 0 aromatic heterocycles. The summed E-state index contributed by atoms with van der Waals surface area (Å²) < 4.78 is 46.1. The third kappa shape index (κ3) is 3.54. The number of aliphatic imine (C=N–C) groups is 1. The van der Waals surface area contributed by atoms with Crippen molar-refractivity contribution in [3.63, 3.8) is 0 Å². The second kappa shape index (κ2) is 6.19. The van der Waals surface area contributed by atoms with Crippen molar-refractivity contribution in [2.45, 2.75) is 32.4 Å². The van der Waals surface area contributed by atoms with Crippen LogP contribution in [0.15, 0.2) is 27.8 Å². The molecule has 0 N–H and O–H groups in total. The molecule has 3 nitrogen and oxygen atoms in total. The maximum absolute atomic E-state index is 13.6. The molecule has 0 aliphatic carbocycles. The molecule has 0 saturated carbocycles. The van der Waals surface area contributed by atoms with Crippen LogP contribution in [0, 0.1) is 0 Å². The van der Waals surface area contributed by atoms with E-state index in [0.717, 1.165) is 0 Å². The van der Waals surface area contributed by atoms with Gasteiger partial charge in [0, 0.05) is 18.0 Å². The van der Waals surface area contributed by atoms with Crippen LogP contribution in [0.5, 0.6) is 5.75 Å². The van der Waals surface area contributed by atoms with Gasteiger partial charge >= 0.3 is 6.18 Å². The van der Waals surface area contributed by atoms with Crippen molar-refractivity contribution in [1.82, 2.24) is 0 Å². The van der Waals surface area contributed by atoms with Crippen LogP contribution < -0.4 is 9.64 Å². The van der Waals surface area contributed by atoms with Crippen molar-refractivity contribution in [2.24, 2.45) is 4.99 Å². The highest BCUT2D eigenvalue weighted by molar-refractivity contribution is 9.10. The number of alkyl halides is 3. The van der Waals surface area contributed by atoms with Gasteiger partial charge in [0.25, 0.3) is 0 Å². The van der Waals surface area contributed by atoms with Crippen molar-refractivity contribution >= 4 is 27.8 Å². The number of hydrogen-bond acceptors (Lipinski definition) is 3. The van der Waals surface area contributed by atoms with Crippen molar-refractivity contribution in [1.29, 1.82) is 0 Å². The average molecular weight is 391 g/mol.